The van der Waals surface area contributed by atoms with Crippen molar-refractivity contribution in [2.24, 2.45) is 23.5 Å². The summed E-state index contributed by atoms with van der Waals surface area (Å²) in [7, 11) is 0. The summed E-state index contributed by atoms with van der Waals surface area (Å²) < 4.78 is 5.24. The van der Waals surface area contributed by atoms with E-state index in [2.05, 4.69) is 0 Å². The van der Waals surface area contributed by atoms with E-state index >= 15 is 0 Å². The van der Waals surface area contributed by atoms with Gasteiger partial charge in [0.2, 0.25) is 0 Å². The van der Waals surface area contributed by atoms with Gasteiger partial charge in [0.25, 0.3) is 0 Å². The SMILES string of the molecule is CC(C)OC(=O)C1C2CCC(C2)C1N. The van der Waals surface area contributed by atoms with Crippen molar-refractivity contribution >= 4 is 5.97 Å². The van der Waals surface area contributed by atoms with Crippen molar-refractivity contribution in [2.45, 2.75) is 45.3 Å². The lowest BCUT2D eigenvalue weighted by Gasteiger charge is -2.26. The second kappa shape index (κ2) is 3.54. The maximum Gasteiger partial charge on any atom is 0.311 e. The van der Waals surface area contributed by atoms with Crippen LogP contribution in [0.3, 0.4) is 0 Å². The Labute approximate surface area is 85.0 Å². The Morgan fingerprint density at radius 2 is 2.00 bits per heavy atom. The zero-order chi connectivity index (χ0) is 10.3. The normalized spacial score (nSPS) is 40.6. The highest BCUT2D eigenvalue weighted by molar-refractivity contribution is 5.74. The van der Waals surface area contributed by atoms with Crippen molar-refractivity contribution < 1.29 is 9.53 Å². The van der Waals surface area contributed by atoms with Crippen LogP contribution in [0.25, 0.3) is 0 Å². The molecule has 0 amide bonds. The number of carbonyl (C=O) groups excluding carboxylic acids is 1. The molecule has 0 heterocycles. The van der Waals surface area contributed by atoms with Crippen LogP contribution in [0.5, 0.6) is 0 Å². The van der Waals surface area contributed by atoms with E-state index in [-0.39, 0.29) is 24.0 Å². The molecule has 0 aliphatic heterocycles. The third-order valence-corrected chi connectivity index (χ3v) is 3.60. The second-order valence-corrected chi connectivity index (χ2v) is 4.92. The maximum atomic E-state index is 11.8. The van der Waals surface area contributed by atoms with E-state index in [1.165, 1.54) is 6.42 Å². The van der Waals surface area contributed by atoms with Crippen LogP contribution in [0.1, 0.15) is 33.1 Å². The second-order valence-electron chi connectivity index (χ2n) is 4.92. The van der Waals surface area contributed by atoms with E-state index in [0.29, 0.717) is 11.8 Å². The minimum absolute atomic E-state index is 0.0175. The van der Waals surface area contributed by atoms with Crippen LogP contribution in [0, 0.1) is 17.8 Å². The van der Waals surface area contributed by atoms with E-state index in [9.17, 15) is 4.79 Å². The van der Waals surface area contributed by atoms with Gasteiger partial charge in [-0.25, -0.2) is 0 Å². The number of nitrogens with two attached hydrogens (primary N) is 1. The van der Waals surface area contributed by atoms with E-state index < -0.39 is 0 Å². The Morgan fingerprint density at radius 3 is 2.50 bits per heavy atom. The molecule has 4 atom stereocenters. The number of carbonyl (C=O) groups is 1. The van der Waals surface area contributed by atoms with Gasteiger partial charge in [0, 0.05) is 6.04 Å². The molecule has 2 N–H and O–H groups in total. The minimum Gasteiger partial charge on any atom is -0.463 e. The van der Waals surface area contributed by atoms with Crippen molar-refractivity contribution in [3.05, 3.63) is 0 Å². The summed E-state index contributed by atoms with van der Waals surface area (Å²) in [5, 5.41) is 0. The van der Waals surface area contributed by atoms with E-state index in [1.807, 2.05) is 13.8 Å². The standard InChI is InChI=1S/C11H19NO2/c1-6(2)14-11(13)9-7-3-4-8(5-7)10(9)12/h6-10H,3-5,12H2,1-2H3. The van der Waals surface area contributed by atoms with Crippen LogP contribution in [0.15, 0.2) is 0 Å². The lowest BCUT2D eigenvalue weighted by Crippen LogP contribution is -2.41. The van der Waals surface area contributed by atoms with Crippen molar-refractivity contribution in [2.75, 3.05) is 0 Å². The topological polar surface area (TPSA) is 52.3 Å². The summed E-state index contributed by atoms with van der Waals surface area (Å²) in [6, 6.07) is 0.0556. The quantitative estimate of drug-likeness (QED) is 0.679. The van der Waals surface area contributed by atoms with Crippen LogP contribution >= 0.6 is 0 Å². The zero-order valence-corrected chi connectivity index (χ0v) is 8.90. The summed E-state index contributed by atoms with van der Waals surface area (Å²) in [4.78, 5) is 11.8. The highest BCUT2D eigenvalue weighted by Crippen LogP contribution is 2.48. The number of hydrogen-bond acceptors (Lipinski definition) is 3. The Balaban J connectivity index is 2.01. The summed E-state index contributed by atoms with van der Waals surface area (Å²) in [6.45, 7) is 3.77. The molecule has 2 saturated carbocycles. The van der Waals surface area contributed by atoms with Gasteiger partial charge in [-0.3, -0.25) is 4.79 Å². The maximum absolute atomic E-state index is 11.8. The molecule has 14 heavy (non-hydrogen) atoms. The number of fused-ring (bicyclic) bond motifs is 2. The van der Waals surface area contributed by atoms with E-state index in [0.717, 1.165) is 12.8 Å². The van der Waals surface area contributed by atoms with Crippen LogP contribution < -0.4 is 5.73 Å². The summed E-state index contributed by atoms with van der Waals surface area (Å²) in [6.07, 6.45) is 3.49. The molecule has 2 aliphatic carbocycles. The molecule has 2 rings (SSSR count). The van der Waals surface area contributed by atoms with Crippen molar-refractivity contribution in [3.63, 3.8) is 0 Å². The number of esters is 1. The van der Waals surface area contributed by atoms with Gasteiger partial charge < -0.3 is 10.5 Å². The molecule has 2 aliphatic rings. The van der Waals surface area contributed by atoms with Crippen LogP contribution in [0.4, 0.5) is 0 Å². The predicted molar refractivity (Wildman–Crippen MR) is 53.5 cm³/mol. The number of ether oxygens (including phenoxy) is 1. The molecule has 4 unspecified atom stereocenters. The predicted octanol–water partition coefficient (Wildman–Crippen LogP) is 1.31. The number of rotatable bonds is 2. The first kappa shape index (κ1) is 9.97. The minimum atomic E-state index is -0.0697. The van der Waals surface area contributed by atoms with Gasteiger partial charge in [0.05, 0.1) is 12.0 Å². The smallest absolute Gasteiger partial charge is 0.311 e. The van der Waals surface area contributed by atoms with Gasteiger partial charge in [-0.2, -0.15) is 0 Å². The first-order valence-corrected chi connectivity index (χ1v) is 5.55. The Bertz CT molecular complexity index is 237. The van der Waals surface area contributed by atoms with Crippen molar-refractivity contribution in [3.8, 4) is 0 Å². The van der Waals surface area contributed by atoms with E-state index in [4.69, 9.17) is 10.5 Å². The molecule has 0 spiro atoms. The fourth-order valence-electron chi connectivity index (χ4n) is 3.00. The molecular weight excluding hydrogens is 178 g/mol. The lowest BCUT2D eigenvalue weighted by molar-refractivity contribution is -0.154. The molecule has 0 saturated heterocycles. The van der Waals surface area contributed by atoms with Gasteiger partial charge in [0.1, 0.15) is 0 Å². The first-order valence-electron chi connectivity index (χ1n) is 5.55. The monoisotopic (exact) mass is 197 g/mol. The Kier molecular flexibility index (Phi) is 2.52. The fourth-order valence-corrected chi connectivity index (χ4v) is 3.00. The van der Waals surface area contributed by atoms with Gasteiger partial charge in [-0.1, -0.05) is 0 Å². The van der Waals surface area contributed by atoms with E-state index in [1.54, 1.807) is 0 Å². The third kappa shape index (κ3) is 1.54. The number of hydrogen-bond donors (Lipinski definition) is 1. The fraction of sp³-hybridized carbons (Fsp3) is 0.909. The molecule has 0 aromatic carbocycles. The molecule has 3 heteroatoms. The highest BCUT2D eigenvalue weighted by Gasteiger charge is 2.49. The molecule has 80 valence electrons. The summed E-state index contributed by atoms with van der Waals surface area (Å²) >= 11 is 0. The Morgan fingerprint density at radius 1 is 1.36 bits per heavy atom. The summed E-state index contributed by atoms with van der Waals surface area (Å²) in [5.74, 6) is 0.988. The van der Waals surface area contributed by atoms with Crippen molar-refractivity contribution in [1.29, 1.82) is 0 Å². The van der Waals surface area contributed by atoms with Crippen LogP contribution in [-0.2, 0) is 9.53 Å². The third-order valence-electron chi connectivity index (χ3n) is 3.60. The van der Waals surface area contributed by atoms with Crippen LogP contribution in [-0.4, -0.2) is 18.1 Å². The van der Waals surface area contributed by atoms with Gasteiger partial charge in [0.15, 0.2) is 0 Å². The average Bonchev–Trinajstić information content (AvgIpc) is 2.61. The molecule has 2 fully saturated rings. The van der Waals surface area contributed by atoms with Crippen LogP contribution in [0.2, 0.25) is 0 Å². The highest BCUT2D eigenvalue weighted by atomic mass is 16.5. The lowest BCUT2D eigenvalue weighted by atomic mass is 9.85. The molecule has 0 aromatic rings. The largest absolute Gasteiger partial charge is 0.463 e. The zero-order valence-electron chi connectivity index (χ0n) is 8.90. The molecule has 0 aromatic heterocycles. The molecule has 3 nitrogen and oxygen atoms in total. The molecular formula is C11H19NO2. The average molecular weight is 197 g/mol. The van der Waals surface area contributed by atoms with Gasteiger partial charge in [-0.15, -0.1) is 0 Å². The molecule has 2 bridgehead atoms. The van der Waals surface area contributed by atoms with Gasteiger partial charge >= 0.3 is 5.97 Å². The first-order chi connectivity index (χ1) is 6.59. The summed E-state index contributed by atoms with van der Waals surface area (Å²) in [5.41, 5.74) is 6.04. The van der Waals surface area contributed by atoms with Gasteiger partial charge in [-0.05, 0) is 44.9 Å². The molecule has 0 radical (unpaired) electrons. The Hall–Kier alpha value is -0.570. The van der Waals surface area contributed by atoms with Crippen molar-refractivity contribution in [1.82, 2.24) is 0 Å².